The quantitative estimate of drug-likeness (QED) is 0.289. The van der Waals surface area contributed by atoms with E-state index >= 15 is 0 Å². The molecule has 0 spiro atoms. The van der Waals surface area contributed by atoms with Gasteiger partial charge in [0.15, 0.2) is 5.69 Å². The summed E-state index contributed by atoms with van der Waals surface area (Å²) in [7, 11) is 3.14. The third-order valence-electron chi connectivity index (χ3n) is 8.02. The van der Waals surface area contributed by atoms with E-state index in [1.807, 2.05) is 12.1 Å². The van der Waals surface area contributed by atoms with Crippen LogP contribution in [0.25, 0.3) is 5.70 Å². The monoisotopic (exact) mass is 561 g/mol. The third-order valence-corrected chi connectivity index (χ3v) is 8.02. The van der Waals surface area contributed by atoms with Gasteiger partial charge >= 0.3 is 0 Å². The van der Waals surface area contributed by atoms with Crippen LogP contribution in [0.15, 0.2) is 35.3 Å². The Morgan fingerprint density at radius 3 is 2.27 bits per heavy atom. The number of hydrogen-bond acceptors (Lipinski definition) is 9. The van der Waals surface area contributed by atoms with E-state index in [1.165, 1.54) is 35.1 Å². The summed E-state index contributed by atoms with van der Waals surface area (Å²) in [5.74, 6) is 2.62. The molecule has 0 amide bonds. The number of furan rings is 1. The van der Waals surface area contributed by atoms with Crippen LogP contribution in [0.3, 0.4) is 0 Å². The summed E-state index contributed by atoms with van der Waals surface area (Å²) >= 11 is 0. The van der Waals surface area contributed by atoms with Crippen molar-refractivity contribution in [2.24, 2.45) is 0 Å². The lowest BCUT2D eigenvalue weighted by molar-refractivity contribution is -0.105. The van der Waals surface area contributed by atoms with Crippen molar-refractivity contribution < 1.29 is 18.6 Å². The molecule has 2 aromatic heterocycles. The molecule has 0 radical (unpaired) electrons. The van der Waals surface area contributed by atoms with Crippen LogP contribution in [0, 0.1) is 6.92 Å². The Kier molecular flexibility index (Phi) is 8.03. The van der Waals surface area contributed by atoms with E-state index in [-0.39, 0.29) is 11.2 Å². The van der Waals surface area contributed by atoms with Gasteiger partial charge in [-0.25, -0.2) is 0 Å². The average Bonchev–Trinajstić information content (AvgIpc) is 3.65. The van der Waals surface area contributed by atoms with Crippen molar-refractivity contribution in [3.8, 4) is 11.8 Å². The first-order valence-electron chi connectivity index (χ1n) is 14.4. The van der Waals surface area contributed by atoms with E-state index in [9.17, 15) is 0 Å². The highest BCUT2D eigenvalue weighted by Gasteiger charge is 2.43. The summed E-state index contributed by atoms with van der Waals surface area (Å²) in [5.41, 5.74) is 5.30. The van der Waals surface area contributed by atoms with Crippen LogP contribution in [0.5, 0.6) is 11.8 Å². The van der Waals surface area contributed by atoms with Crippen molar-refractivity contribution in [2.45, 2.75) is 65.1 Å². The van der Waals surface area contributed by atoms with Crippen molar-refractivity contribution in [3.05, 3.63) is 64.6 Å². The standard InChI is InChI=1S/C32H43N5O4/c1-20-17-24-25(32(5,6)41-31(24,3)4)19-22(20)18-23-11-12-26(40-23)21(2)34-27-28(38-7)35-30(36-29(27)39-8)33-13-16-37-14-9-10-15-37/h11-12,17,19,34H,2,9-10,13-16,18H2,1,3-8H3,(H,33,35,36). The van der Waals surface area contributed by atoms with Crippen molar-refractivity contribution >= 4 is 17.3 Å². The van der Waals surface area contributed by atoms with Gasteiger partial charge in [0.1, 0.15) is 11.5 Å². The topological polar surface area (TPSA) is 93.9 Å². The summed E-state index contributed by atoms with van der Waals surface area (Å²) in [6.45, 7) is 18.8. The van der Waals surface area contributed by atoms with Gasteiger partial charge in [0.25, 0.3) is 0 Å². The van der Waals surface area contributed by atoms with Crippen LogP contribution in [-0.4, -0.2) is 55.3 Å². The minimum Gasteiger partial charge on any atom is -0.479 e. The molecule has 1 saturated heterocycles. The molecule has 2 aliphatic rings. The summed E-state index contributed by atoms with van der Waals surface area (Å²) in [6, 6.07) is 8.42. The van der Waals surface area contributed by atoms with Crippen LogP contribution in [0.2, 0.25) is 0 Å². The zero-order chi connectivity index (χ0) is 29.4. The zero-order valence-electron chi connectivity index (χ0n) is 25.4. The minimum atomic E-state index is -0.340. The SMILES string of the molecule is C=C(Nc1c(OC)nc(NCCN2CCCC2)nc1OC)c1ccc(Cc2cc3c(cc2C)C(C)(C)OC3(C)C)o1. The Morgan fingerprint density at radius 2 is 1.63 bits per heavy atom. The second-order valence-corrected chi connectivity index (χ2v) is 11.9. The van der Waals surface area contributed by atoms with E-state index in [4.69, 9.17) is 18.6 Å². The number of aromatic nitrogens is 2. The van der Waals surface area contributed by atoms with Crippen LogP contribution in [-0.2, 0) is 22.4 Å². The molecule has 3 aromatic rings. The average molecular weight is 562 g/mol. The summed E-state index contributed by atoms with van der Waals surface area (Å²) in [4.78, 5) is 11.5. The number of methoxy groups -OCH3 is 2. The smallest absolute Gasteiger partial charge is 0.246 e. The van der Waals surface area contributed by atoms with E-state index in [0.717, 1.165) is 31.9 Å². The fourth-order valence-corrected chi connectivity index (χ4v) is 5.96. The van der Waals surface area contributed by atoms with E-state index < -0.39 is 0 Å². The van der Waals surface area contributed by atoms with Crippen molar-refractivity contribution in [1.82, 2.24) is 14.9 Å². The van der Waals surface area contributed by atoms with Gasteiger partial charge in [-0.3, -0.25) is 0 Å². The van der Waals surface area contributed by atoms with Gasteiger partial charge in [0, 0.05) is 19.5 Å². The number of likely N-dealkylation sites (tertiary alicyclic amines) is 1. The van der Waals surface area contributed by atoms with E-state index in [0.29, 0.717) is 41.3 Å². The molecule has 0 atom stereocenters. The number of hydrogen-bond donors (Lipinski definition) is 2. The zero-order valence-corrected chi connectivity index (χ0v) is 25.4. The van der Waals surface area contributed by atoms with Gasteiger partial charge < -0.3 is 34.2 Å². The molecule has 4 heterocycles. The molecule has 1 fully saturated rings. The summed E-state index contributed by atoms with van der Waals surface area (Å²) in [6.07, 6.45) is 3.19. The molecule has 0 saturated carbocycles. The Balaban J connectivity index is 1.29. The van der Waals surface area contributed by atoms with Gasteiger partial charge in [-0.2, -0.15) is 9.97 Å². The number of fused-ring (bicyclic) bond motifs is 1. The largest absolute Gasteiger partial charge is 0.479 e. The molecule has 0 unspecified atom stereocenters. The predicted octanol–water partition coefficient (Wildman–Crippen LogP) is 6.08. The number of rotatable bonds is 11. The highest BCUT2D eigenvalue weighted by Crippen LogP contribution is 2.47. The number of nitrogens with one attached hydrogen (secondary N) is 2. The number of benzene rings is 1. The lowest BCUT2D eigenvalue weighted by atomic mass is 9.86. The van der Waals surface area contributed by atoms with Gasteiger partial charge in [-0.15, -0.1) is 0 Å². The molecule has 2 N–H and O–H groups in total. The van der Waals surface area contributed by atoms with Crippen molar-refractivity contribution in [3.63, 3.8) is 0 Å². The maximum Gasteiger partial charge on any atom is 0.246 e. The second kappa shape index (κ2) is 11.4. The number of ether oxygens (including phenoxy) is 3. The molecule has 41 heavy (non-hydrogen) atoms. The number of nitrogens with zero attached hydrogens (tertiary/aromatic N) is 3. The fraction of sp³-hybridized carbons (Fsp3) is 0.500. The molecular weight excluding hydrogens is 518 g/mol. The van der Waals surface area contributed by atoms with Gasteiger partial charge in [-0.05, 0) is 94.9 Å². The normalized spacial score (nSPS) is 17.3. The first-order chi connectivity index (χ1) is 19.5. The predicted molar refractivity (Wildman–Crippen MR) is 162 cm³/mol. The fourth-order valence-electron chi connectivity index (χ4n) is 5.96. The first-order valence-corrected chi connectivity index (χ1v) is 14.4. The highest BCUT2D eigenvalue weighted by molar-refractivity contribution is 5.78. The van der Waals surface area contributed by atoms with Gasteiger partial charge in [0.2, 0.25) is 17.7 Å². The molecule has 1 aromatic carbocycles. The Labute approximate surface area is 243 Å². The molecule has 0 aliphatic carbocycles. The number of anilines is 2. The molecule has 220 valence electrons. The van der Waals surface area contributed by atoms with E-state index in [2.05, 4.69) is 78.8 Å². The van der Waals surface area contributed by atoms with Gasteiger partial charge in [0.05, 0.1) is 31.1 Å². The highest BCUT2D eigenvalue weighted by atomic mass is 16.5. The third kappa shape index (κ3) is 6.06. The van der Waals surface area contributed by atoms with Crippen LogP contribution in [0.4, 0.5) is 11.6 Å². The molecule has 0 bridgehead atoms. The van der Waals surface area contributed by atoms with Crippen LogP contribution in [0.1, 0.15) is 74.3 Å². The van der Waals surface area contributed by atoms with Crippen molar-refractivity contribution in [1.29, 1.82) is 0 Å². The Bertz CT molecular complexity index is 1400. The molecule has 9 heteroatoms. The first kappa shape index (κ1) is 29.0. The lowest BCUT2D eigenvalue weighted by Crippen LogP contribution is -2.26. The summed E-state index contributed by atoms with van der Waals surface area (Å²) in [5, 5.41) is 6.54. The van der Waals surface area contributed by atoms with Gasteiger partial charge in [-0.1, -0.05) is 18.7 Å². The van der Waals surface area contributed by atoms with E-state index in [1.54, 1.807) is 14.2 Å². The maximum absolute atomic E-state index is 6.36. The minimum absolute atomic E-state index is 0.308. The molecular formula is C32H43N5O4. The Hall–Kier alpha value is -3.56. The molecule has 2 aliphatic heterocycles. The maximum atomic E-state index is 6.36. The Morgan fingerprint density at radius 1 is 1.00 bits per heavy atom. The summed E-state index contributed by atoms with van der Waals surface area (Å²) < 4.78 is 23.8. The lowest BCUT2D eigenvalue weighted by Gasteiger charge is -2.24. The molecule has 9 nitrogen and oxygen atoms in total. The van der Waals surface area contributed by atoms with Crippen molar-refractivity contribution in [2.75, 3.05) is 51.0 Å². The van der Waals surface area contributed by atoms with Crippen LogP contribution < -0.4 is 20.1 Å². The van der Waals surface area contributed by atoms with Crippen LogP contribution >= 0.6 is 0 Å². The second-order valence-electron chi connectivity index (χ2n) is 11.9. The molecule has 5 rings (SSSR count). The number of aryl methyl sites for hydroxylation is 1.